The van der Waals surface area contributed by atoms with E-state index in [-0.39, 0.29) is 16.2 Å². The van der Waals surface area contributed by atoms with E-state index in [1.54, 1.807) is 6.08 Å². The van der Waals surface area contributed by atoms with Gasteiger partial charge in [0.1, 0.15) is 0 Å². The zero-order valence-corrected chi connectivity index (χ0v) is 19.7. The number of Topliss-reactive ketones (excluding diaryl/α,β-unsaturated/α-hetero) is 1. The van der Waals surface area contributed by atoms with Crippen molar-refractivity contribution >= 4 is 51.4 Å². The number of hydrogen-bond acceptors (Lipinski definition) is 6. The Morgan fingerprint density at radius 2 is 1.64 bits per heavy atom. The number of amides is 2. The Morgan fingerprint density at radius 1 is 0.944 bits per heavy atom. The van der Waals surface area contributed by atoms with Gasteiger partial charge >= 0.3 is 0 Å². The monoisotopic (exact) mass is 497 g/mol. The van der Waals surface area contributed by atoms with Crippen LogP contribution in [0, 0.1) is 10.1 Å². The summed E-state index contributed by atoms with van der Waals surface area (Å²) < 4.78 is 2.10. The number of ketones is 1. The molecule has 0 saturated carbocycles. The molecule has 1 saturated heterocycles. The van der Waals surface area contributed by atoms with Crippen molar-refractivity contribution in [3.05, 3.63) is 117 Å². The number of para-hydroxylation sites is 1. The van der Waals surface area contributed by atoms with Gasteiger partial charge in [-0.05, 0) is 41.6 Å². The van der Waals surface area contributed by atoms with Gasteiger partial charge in [-0.15, -0.1) is 0 Å². The summed E-state index contributed by atoms with van der Waals surface area (Å²) in [5, 5.41) is 11.2. The van der Waals surface area contributed by atoms with Crippen LogP contribution in [-0.2, 0) is 11.3 Å². The first-order valence-electron chi connectivity index (χ1n) is 11.1. The lowest BCUT2D eigenvalue weighted by Crippen LogP contribution is -2.33. The molecular weight excluding hydrogens is 478 g/mol. The van der Waals surface area contributed by atoms with Crippen molar-refractivity contribution in [3.8, 4) is 0 Å². The van der Waals surface area contributed by atoms with Crippen LogP contribution >= 0.6 is 11.8 Å². The molecule has 0 aliphatic carbocycles. The van der Waals surface area contributed by atoms with E-state index in [1.165, 1.54) is 24.3 Å². The Kier molecular flexibility index (Phi) is 6.22. The molecule has 1 aliphatic rings. The van der Waals surface area contributed by atoms with E-state index in [0.29, 0.717) is 6.54 Å². The molecule has 36 heavy (non-hydrogen) atoms. The lowest BCUT2D eigenvalue weighted by molar-refractivity contribution is -0.384. The number of nitro groups is 1. The quantitative estimate of drug-likeness (QED) is 0.144. The molecule has 0 radical (unpaired) electrons. The zero-order chi connectivity index (χ0) is 25.2. The number of hydrogen-bond donors (Lipinski definition) is 0. The number of thioether (sulfide) groups is 1. The SMILES string of the molecule is O=C(CN1C(=O)S/C(=C\c2cn(Cc3ccccc3)c3ccccc23)C1=O)c1ccc([N+](=O)[O-])cc1. The van der Waals surface area contributed by atoms with E-state index in [9.17, 15) is 24.5 Å². The molecule has 3 aromatic carbocycles. The molecule has 5 rings (SSSR count). The molecule has 0 N–H and O–H groups in total. The second-order valence-corrected chi connectivity index (χ2v) is 9.20. The molecule has 1 aliphatic heterocycles. The molecule has 0 atom stereocenters. The topological polar surface area (TPSA) is 103 Å². The van der Waals surface area contributed by atoms with Gasteiger partial charge in [0.15, 0.2) is 5.78 Å². The van der Waals surface area contributed by atoms with Crippen molar-refractivity contribution < 1.29 is 19.3 Å². The Balaban J connectivity index is 1.39. The summed E-state index contributed by atoms with van der Waals surface area (Å²) in [6.45, 7) is 0.218. The third kappa shape index (κ3) is 4.56. The third-order valence-corrected chi connectivity index (χ3v) is 6.78. The summed E-state index contributed by atoms with van der Waals surface area (Å²) in [5.41, 5.74) is 2.98. The minimum Gasteiger partial charge on any atom is -0.342 e. The van der Waals surface area contributed by atoms with E-state index in [2.05, 4.69) is 4.57 Å². The van der Waals surface area contributed by atoms with Gasteiger partial charge in [0, 0.05) is 46.9 Å². The lowest BCUT2D eigenvalue weighted by Gasteiger charge is -2.11. The minimum absolute atomic E-state index is 0.146. The van der Waals surface area contributed by atoms with Crippen LogP contribution in [-0.4, -0.2) is 37.9 Å². The van der Waals surface area contributed by atoms with E-state index >= 15 is 0 Å². The van der Waals surface area contributed by atoms with Crippen LogP contribution in [0.25, 0.3) is 17.0 Å². The summed E-state index contributed by atoms with van der Waals surface area (Å²) in [7, 11) is 0. The van der Waals surface area contributed by atoms with Crippen LogP contribution in [0.1, 0.15) is 21.5 Å². The van der Waals surface area contributed by atoms with Gasteiger partial charge < -0.3 is 4.57 Å². The molecule has 2 amide bonds. The highest BCUT2D eigenvalue weighted by Gasteiger charge is 2.36. The van der Waals surface area contributed by atoms with Crippen molar-refractivity contribution in [2.24, 2.45) is 0 Å². The van der Waals surface area contributed by atoms with Crippen molar-refractivity contribution in [2.75, 3.05) is 6.54 Å². The van der Waals surface area contributed by atoms with Gasteiger partial charge in [0.25, 0.3) is 16.8 Å². The number of carbonyl (C=O) groups excluding carboxylic acids is 3. The van der Waals surface area contributed by atoms with Crippen molar-refractivity contribution in [1.29, 1.82) is 0 Å². The highest BCUT2D eigenvalue weighted by Crippen LogP contribution is 2.34. The average molecular weight is 498 g/mol. The summed E-state index contributed by atoms with van der Waals surface area (Å²) in [4.78, 5) is 49.7. The number of benzene rings is 3. The van der Waals surface area contributed by atoms with Gasteiger partial charge in [0.05, 0.1) is 16.4 Å². The maximum atomic E-state index is 13.0. The van der Waals surface area contributed by atoms with Crippen molar-refractivity contribution in [2.45, 2.75) is 6.54 Å². The molecule has 8 nitrogen and oxygen atoms in total. The molecule has 0 spiro atoms. The molecule has 0 bridgehead atoms. The Morgan fingerprint density at radius 3 is 2.36 bits per heavy atom. The van der Waals surface area contributed by atoms with Crippen LogP contribution < -0.4 is 0 Å². The standard InChI is InChI=1S/C27H19N3O5S/c31-24(19-10-12-21(13-11-19)30(34)35)17-29-26(32)25(36-27(29)33)14-20-16-28(15-18-6-2-1-3-7-18)23-9-5-4-8-22(20)23/h1-14,16H,15,17H2/b25-14-. The largest absolute Gasteiger partial charge is 0.342 e. The minimum atomic E-state index is -0.563. The number of imide groups is 1. The van der Waals surface area contributed by atoms with Crippen molar-refractivity contribution in [1.82, 2.24) is 9.47 Å². The van der Waals surface area contributed by atoms with Gasteiger partial charge in [-0.25, -0.2) is 0 Å². The Labute approximate surface area is 210 Å². The van der Waals surface area contributed by atoms with Crippen LogP contribution in [0.2, 0.25) is 0 Å². The van der Waals surface area contributed by atoms with Gasteiger partial charge in [-0.2, -0.15) is 0 Å². The smallest absolute Gasteiger partial charge is 0.293 e. The summed E-state index contributed by atoms with van der Waals surface area (Å²) >= 11 is 0.790. The average Bonchev–Trinajstić information content (AvgIpc) is 3.36. The summed E-state index contributed by atoms with van der Waals surface area (Å²) in [6, 6.07) is 22.9. The Hall–Kier alpha value is -4.50. The maximum absolute atomic E-state index is 13.0. The lowest BCUT2D eigenvalue weighted by atomic mass is 10.1. The number of rotatable bonds is 7. The molecule has 9 heteroatoms. The highest BCUT2D eigenvalue weighted by molar-refractivity contribution is 8.18. The first kappa shape index (κ1) is 23.3. The van der Waals surface area contributed by atoms with Crippen molar-refractivity contribution in [3.63, 3.8) is 0 Å². The molecule has 4 aromatic rings. The fourth-order valence-electron chi connectivity index (χ4n) is 4.08. The maximum Gasteiger partial charge on any atom is 0.293 e. The Bertz CT molecular complexity index is 1540. The molecular formula is C27H19N3O5S. The summed E-state index contributed by atoms with van der Waals surface area (Å²) in [6.07, 6.45) is 3.64. The van der Waals surface area contributed by atoms with E-state index in [1.807, 2.05) is 60.8 Å². The number of non-ortho nitro benzene ring substituents is 1. The van der Waals surface area contributed by atoms with E-state index in [0.717, 1.165) is 38.7 Å². The van der Waals surface area contributed by atoms with E-state index in [4.69, 9.17) is 0 Å². The number of nitrogens with zero attached hydrogens (tertiary/aromatic N) is 3. The second-order valence-electron chi connectivity index (χ2n) is 8.21. The first-order chi connectivity index (χ1) is 17.4. The predicted octanol–water partition coefficient (Wildman–Crippen LogP) is 5.52. The summed E-state index contributed by atoms with van der Waals surface area (Å²) in [5.74, 6) is -1.02. The zero-order valence-electron chi connectivity index (χ0n) is 18.9. The van der Waals surface area contributed by atoms with E-state index < -0.39 is 28.4 Å². The fourth-order valence-corrected chi connectivity index (χ4v) is 4.91. The van der Waals surface area contributed by atoms with Gasteiger partial charge in [-0.3, -0.25) is 29.4 Å². The molecule has 178 valence electrons. The number of fused-ring (bicyclic) bond motifs is 1. The highest BCUT2D eigenvalue weighted by atomic mass is 32.2. The third-order valence-electron chi connectivity index (χ3n) is 5.88. The van der Waals surface area contributed by atoms with Crippen LogP contribution in [0.15, 0.2) is 90.0 Å². The number of nitro benzene ring substituents is 1. The van der Waals surface area contributed by atoms with Gasteiger partial charge in [-0.1, -0.05) is 48.5 Å². The van der Waals surface area contributed by atoms with Crippen LogP contribution in [0.5, 0.6) is 0 Å². The fraction of sp³-hybridized carbons (Fsp3) is 0.0741. The number of aromatic nitrogens is 1. The first-order valence-corrected chi connectivity index (χ1v) is 11.9. The normalized spacial score (nSPS) is 14.7. The van der Waals surface area contributed by atoms with Crippen LogP contribution in [0.4, 0.5) is 10.5 Å². The van der Waals surface area contributed by atoms with Gasteiger partial charge in [0.2, 0.25) is 0 Å². The number of carbonyl (C=O) groups is 3. The molecule has 1 fully saturated rings. The second kappa shape index (κ2) is 9.63. The van der Waals surface area contributed by atoms with Crippen LogP contribution in [0.3, 0.4) is 0 Å². The predicted molar refractivity (Wildman–Crippen MR) is 138 cm³/mol. The molecule has 1 aromatic heterocycles. The molecule has 2 heterocycles. The molecule has 0 unspecified atom stereocenters.